The standard InChI is InChI=1S/C13H10Cl/c1-10-7-12(9-13(14)8-10)11-5-3-2-4-6-11/h2-7,9H,1H3. The maximum absolute atomic E-state index is 5.94. The summed E-state index contributed by atoms with van der Waals surface area (Å²) >= 11 is 5.94. The molecule has 1 radical (unpaired) electrons. The molecule has 0 heterocycles. The second-order valence-electron chi connectivity index (χ2n) is 3.27. The predicted octanol–water partition coefficient (Wildman–Crippen LogP) is 4.12. The van der Waals surface area contributed by atoms with E-state index in [4.69, 9.17) is 11.6 Å². The fourth-order valence-corrected chi connectivity index (χ4v) is 1.74. The minimum absolute atomic E-state index is 0.670. The lowest BCUT2D eigenvalue weighted by atomic mass is 10.0. The van der Waals surface area contributed by atoms with Crippen LogP contribution in [-0.2, 0) is 0 Å². The molecule has 0 saturated heterocycles. The Bertz CT molecular complexity index is 412. The highest BCUT2D eigenvalue weighted by Gasteiger charge is 1.99. The summed E-state index contributed by atoms with van der Waals surface area (Å²) in [6, 6.07) is 17.3. The maximum Gasteiger partial charge on any atom is 0.0493 e. The van der Waals surface area contributed by atoms with Crippen LogP contribution < -0.4 is 0 Å². The lowest BCUT2D eigenvalue weighted by Crippen LogP contribution is -1.80. The van der Waals surface area contributed by atoms with Crippen molar-refractivity contribution < 1.29 is 0 Å². The van der Waals surface area contributed by atoms with E-state index in [1.54, 1.807) is 0 Å². The van der Waals surface area contributed by atoms with Gasteiger partial charge in [0.2, 0.25) is 0 Å². The summed E-state index contributed by atoms with van der Waals surface area (Å²) in [5.41, 5.74) is 3.40. The fraction of sp³-hybridized carbons (Fsp3) is 0.0769. The van der Waals surface area contributed by atoms with Crippen LogP contribution in [0.5, 0.6) is 0 Å². The van der Waals surface area contributed by atoms with E-state index in [-0.39, 0.29) is 0 Å². The van der Waals surface area contributed by atoms with Gasteiger partial charge in [-0.3, -0.25) is 0 Å². The molecule has 0 saturated carbocycles. The van der Waals surface area contributed by atoms with Crippen molar-refractivity contribution in [2.75, 3.05) is 0 Å². The normalized spacial score (nSPS) is 10.1. The first-order valence-corrected chi connectivity index (χ1v) is 4.88. The van der Waals surface area contributed by atoms with E-state index in [9.17, 15) is 0 Å². The SMILES string of the molecule is Cc1[c]c(Cl)cc(-c2ccccc2)c1. The van der Waals surface area contributed by atoms with Gasteiger partial charge in [-0.1, -0.05) is 48.0 Å². The first-order chi connectivity index (χ1) is 6.75. The molecule has 1 heteroatoms. The molecule has 0 fully saturated rings. The average molecular weight is 202 g/mol. The van der Waals surface area contributed by atoms with Gasteiger partial charge in [-0.15, -0.1) is 0 Å². The zero-order chi connectivity index (χ0) is 9.97. The topological polar surface area (TPSA) is 0 Å². The van der Waals surface area contributed by atoms with Gasteiger partial charge in [0.05, 0.1) is 0 Å². The molecule has 14 heavy (non-hydrogen) atoms. The van der Waals surface area contributed by atoms with E-state index < -0.39 is 0 Å². The summed E-state index contributed by atoms with van der Waals surface area (Å²) in [4.78, 5) is 0. The van der Waals surface area contributed by atoms with Crippen molar-refractivity contribution >= 4 is 11.6 Å². The molecule has 0 atom stereocenters. The summed E-state index contributed by atoms with van der Waals surface area (Å²) in [6.07, 6.45) is 0. The van der Waals surface area contributed by atoms with Gasteiger partial charge in [0.25, 0.3) is 0 Å². The van der Waals surface area contributed by atoms with Crippen LogP contribution in [-0.4, -0.2) is 0 Å². The van der Waals surface area contributed by atoms with Crippen molar-refractivity contribution in [3.8, 4) is 11.1 Å². The van der Waals surface area contributed by atoms with Crippen LogP contribution >= 0.6 is 11.6 Å². The molecule has 0 nitrogen and oxygen atoms in total. The van der Waals surface area contributed by atoms with Gasteiger partial charge in [0.15, 0.2) is 0 Å². The van der Waals surface area contributed by atoms with Crippen LogP contribution in [0.15, 0.2) is 42.5 Å². The zero-order valence-electron chi connectivity index (χ0n) is 7.92. The van der Waals surface area contributed by atoms with E-state index in [1.807, 2.05) is 31.2 Å². The molecular weight excluding hydrogens is 192 g/mol. The molecule has 2 rings (SSSR count). The van der Waals surface area contributed by atoms with Crippen LogP contribution in [0, 0.1) is 13.0 Å². The Hall–Kier alpha value is -1.27. The van der Waals surface area contributed by atoms with Gasteiger partial charge in [0.1, 0.15) is 0 Å². The number of rotatable bonds is 1. The van der Waals surface area contributed by atoms with E-state index in [1.165, 1.54) is 5.56 Å². The largest absolute Gasteiger partial charge is 0.0836 e. The van der Waals surface area contributed by atoms with Crippen molar-refractivity contribution in [3.63, 3.8) is 0 Å². The molecule has 0 spiro atoms. The predicted molar refractivity (Wildman–Crippen MR) is 60.5 cm³/mol. The fourth-order valence-electron chi connectivity index (χ4n) is 1.47. The van der Waals surface area contributed by atoms with E-state index >= 15 is 0 Å². The molecule has 0 aliphatic carbocycles. The van der Waals surface area contributed by atoms with Crippen LogP contribution in [0.3, 0.4) is 0 Å². The number of aryl methyl sites for hydroxylation is 1. The van der Waals surface area contributed by atoms with Crippen molar-refractivity contribution in [2.45, 2.75) is 6.92 Å². The summed E-state index contributed by atoms with van der Waals surface area (Å²) < 4.78 is 0. The lowest BCUT2D eigenvalue weighted by Gasteiger charge is -2.03. The lowest BCUT2D eigenvalue weighted by molar-refractivity contribution is 1.45. The Morgan fingerprint density at radius 1 is 1.00 bits per heavy atom. The Morgan fingerprint density at radius 3 is 2.36 bits per heavy atom. The number of hydrogen-bond donors (Lipinski definition) is 0. The second kappa shape index (κ2) is 3.85. The Balaban J connectivity index is 2.52. The van der Waals surface area contributed by atoms with Crippen LogP contribution in [0.1, 0.15) is 5.56 Å². The summed E-state index contributed by atoms with van der Waals surface area (Å²) in [5, 5.41) is 0.670. The molecule has 2 aromatic rings. The number of benzene rings is 2. The Morgan fingerprint density at radius 2 is 1.71 bits per heavy atom. The Kier molecular flexibility index (Phi) is 2.55. The van der Waals surface area contributed by atoms with Crippen LogP contribution in [0.2, 0.25) is 5.02 Å². The molecule has 0 bridgehead atoms. The molecule has 2 aromatic carbocycles. The van der Waals surface area contributed by atoms with Crippen molar-refractivity contribution in [1.29, 1.82) is 0 Å². The molecule has 69 valence electrons. The number of hydrogen-bond acceptors (Lipinski definition) is 0. The van der Waals surface area contributed by atoms with Crippen molar-refractivity contribution in [3.05, 3.63) is 59.1 Å². The monoisotopic (exact) mass is 201 g/mol. The van der Waals surface area contributed by atoms with Crippen LogP contribution in [0.4, 0.5) is 0 Å². The summed E-state index contributed by atoms with van der Waals surface area (Å²) in [6.45, 7) is 2.00. The van der Waals surface area contributed by atoms with Gasteiger partial charge in [-0.25, -0.2) is 0 Å². The highest BCUT2D eigenvalue weighted by molar-refractivity contribution is 6.30. The zero-order valence-corrected chi connectivity index (χ0v) is 8.68. The highest BCUT2D eigenvalue weighted by atomic mass is 35.5. The first kappa shape index (κ1) is 9.29. The smallest absolute Gasteiger partial charge is 0.0493 e. The van der Waals surface area contributed by atoms with E-state index in [0.29, 0.717) is 5.02 Å². The molecule has 0 aliphatic rings. The molecule has 0 aliphatic heterocycles. The molecule has 0 N–H and O–H groups in total. The number of halogens is 1. The second-order valence-corrected chi connectivity index (χ2v) is 3.67. The quantitative estimate of drug-likeness (QED) is 0.651. The third-order valence-electron chi connectivity index (χ3n) is 2.08. The van der Waals surface area contributed by atoms with Crippen molar-refractivity contribution in [1.82, 2.24) is 0 Å². The Labute approximate surface area is 89.2 Å². The highest BCUT2D eigenvalue weighted by Crippen LogP contribution is 2.23. The third-order valence-corrected chi connectivity index (χ3v) is 2.28. The van der Waals surface area contributed by atoms with Gasteiger partial charge < -0.3 is 0 Å². The maximum atomic E-state index is 5.94. The molecule has 0 unspecified atom stereocenters. The average Bonchev–Trinajstić information content (AvgIpc) is 2.18. The minimum Gasteiger partial charge on any atom is -0.0836 e. The third kappa shape index (κ3) is 1.97. The summed E-state index contributed by atoms with van der Waals surface area (Å²) in [7, 11) is 0. The van der Waals surface area contributed by atoms with Gasteiger partial charge in [0, 0.05) is 11.1 Å². The first-order valence-electron chi connectivity index (χ1n) is 4.50. The minimum atomic E-state index is 0.670. The van der Waals surface area contributed by atoms with E-state index in [2.05, 4.69) is 24.3 Å². The van der Waals surface area contributed by atoms with Crippen molar-refractivity contribution in [2.24, 2.45) is 0 Å². The van der Waals surface area contributed by atoms with Gasteiger partial charge >= 0.3 is 0 Å². The molecule has 0 amide bonds. The van der Waals surface area contributed by atoms with E-state index in [0.717, 1.165) is 11.1 Å². The van der Waals surface area contributed by atoms with Gasteiger partial charge in [-0.05, 0) is 29.7 Å². The summed E-state index contributed by atoms with van der Waals surface area (Å²) in [5.74, 6) is 0. The molecule has 0 aromatic heterocycles. The molecular formula is C13H10Cl. The van der Waals surface area contributed by atoms with Gasteiger partial charge in [-0.2, -0.15) is 0 Å². The van der Waals surface area contributed by atoms with Crippen LogP contribution in [0.25, 0.3) is 11.1 Å².